The number of anilines is 1. The molecule has 0 radical (unpaired) electrons. The van der Waals surface area contributed by atoms with Gasteiger partial charge in [-0.15, -0.1) is 0 Å². The molecule has 190 valence electrons. The van der Waals surface area contributed by atoms with Gasteiger partial charge in [0.15, 0.2) is 0 Å². The third-order valence-corrected chi connectivity index (χ3v) is 9.02. The minimum atomic E-state index is -3.67. The Morgan fingerprint density at radius 1 is 0.943 bits per heavy atom. The molecule has 2 aliphatic heterocycles. The summed E-state index contributed by atoms with van der Waals surface area (Å²) in [7, 11) is -3.67. The lowest BCUT2D eigenvalue weighted by Gasteiger charge is -2.36. The molecule has 1 unspecified atom stereocenters. The maximum Gasteiger partial charge on any atom is 0.252 e. The number of carbonyl (C=O) groups is 1. The van der Waals surface area contributed by atoms with Crippen LogP contribution < -0.4 is 10.2 Å². The Morgan fingerprint density at radius 3 is 2.37 bits per heavy atom. The first-order chi connectivity index (χ1) is 16.8. The SMILES string of the molecule is Cc1cccc(N2CCN(CCC(C)NC(=O)c3ccccc3S(=O)(=O)N3CCCCC3)CC2)c1. The van der Waals surface area contributed by atoms with Crippen LogP contribution in [-0.2, 0) is 10.0 Å². The highest BCUT2D eigenvalue weighted by atomic mass is 32.2. The first kappa shape index (κ1) is 25.7. The highest BCUT2D eigenvalue weighted by Gasteiger charge is 2.30. The van der Waals surface area contributed by atoms with Crippen LogP contribution in [0, 0.1) is 6.92 Å². The molecule has 0 aromatic heterocycles. The quantitative estimate of drug-likeness (QED) is 0.603. The zero-order valence-electron chi connectivity index (χ0n) is 20.9. The van der Waals surface area contributed by atoms with Gasteiger partial charge in [0, 0.05) is 57.5 Å². The van der Waals surface area contributed by atoms with Crippen molar-refractivity contribution in [3.05, 3.63) is 59.7 Å². The number of nitrogens with zero attached hydrogens (tertiary/aromatic N) is 3. The van der Waals surface area contributed by atoms with Crippen LogP contribution in [0.4, 0.5) is 5.69 Å². The second-order valence-electron chi connectivity index (χ2n) is 9.79. The fourth-order valence-corrected chi connectivity index (χ4v) is 6.63. The van der Waals surface area contributed by atoms with Gasteiger partial charge in [0.25, 0.3) is 5.91 Å². The zero-order chi connectivity index (χ0) is 24.8. The molecule has 1 N–H and O–H groups in total. The van der Waals surface area contributed by atoms with Crippen LogP contribution in [0.3, 0.4) is 0 Å². The van der Waals surface area contributed by atoms with E-state index in [9.17, 15) is 13.2 Å². The lowest BCUT2D eigenvalue weighted by Crippen LogP contribution is -2.47. The number of hydrogen-bond donors (Lipinski definition) is 1. The molecule has 35 heavy (non-hydrogen) atoms. The van der Waals surface area contributed by atoms with E-state index in [0.717, 1.165) is 58.4 Å². The number of rotatable bonds is 8. The van der Waals surface area contributed by atoms with Crippen LogP contribution in [-0.4, -0.2) is 75.4 Å². The summed E-state index contributed by atoms with van der Waals surface area (Å²) in [5.74, 6) is -0.321. The number of benzene rings is 2. The number of hydrogen-bond acceptors (Lipinski definition) is 5. The van der Waals surface area contributed by atoms with Crippen molar-refractivity contribution in [1.29, 1.82) is 0 Å². The van der Waals surface area contributed by atoms with E-state index >= 15 is 0 Å². The van der Waals surface area contributed by atoms with Crippen molar-refractivity contribution in [2.45, 2.75) is 50.5 Å². The first-order valence-electron chi connectivity index (χ1n) is 12.8. The summed E-state index contributed by atoms with van der Waals surface area (Å²) < 4.78 is 27.9. The lowest BCUT2D eigenvalue weighted by molar-refractivity contribution is 0.0931. The Labute approximate surface area is 210 Å². The van der Waals surface area contributed by atoms with Crippen LogP contribution in [0.2, 0.25) is 0 Å². The van der Waals surface area contributed by atoms with E-state index in [-0.39, 0.29) is 22.4 Å². The van der Waals surface area contributed by atoms with E-state index in [1.165, 1.54) is 15.6 Å². The van der Waals surface area contributed by atoms with Gasteiger partial charge in [0.2, 0.25) is 10.0 Å². The van der Waals surface area contributed by atoms with E-state index in [2.05, 4.69) is 46.3 Å². The average molecular weight is 499 g/mol. The number of aryl methyl sites for hydroxylation is 1. The number of carbonyl (C=O) groups excluding carboxylic acids is 1. The molecular formula is C27H38N4O3S. The molecule has 2 aromatic carbocycles. The van der Waals surface area contributed by atoms with Crippen molar-refractivity contribution in [3.63, 3.8) is 0 Å². The van der Waals surface area contributed by atoms with Crippen molar-refractivity contribution in [1.82, 2.24) is 14.5 Å². The van der Waals surface area contributed by atoms with E-state index in [1.54, 1.807) is 24.3 Å². The summed E-state index contributed by atoms with van der Waals surface area (Å²) in [4.78, 5) is 18.0. The van der Waals surface area contributed by atoms with Crippen molar-refractivity contribution in [3.8, 4) is 0 Å². The third-order valence-electron chi connectivity index (χ3n) is 7.06. The molecule has 0 spiro atoms. The molecule has 0 aliphatic carbocycles. The Hall–Kier alpha value is -2.42. The van der Waals surface area contributed by atoms with Gasteiger partial charge >= 0.3 is 0 Å². The summed E-state index contributed by atoms with van der Waals surface area (Å²) in [6.45, 7) is 10.0. The molecule has 8 heteroatoms. The van der Waals surface area contributed by atoms with Gasteiger partial charge < -0.3 is 10.2 Å². The van der Waals surface area contributed by atoms with E-state index < -0.39 is 10.0 Å². The molecule has 1 amide bonds. The number of piperidine rings is 1. The first-order valence-corrected chi connectivity index (χ1v) is 14.2. The molecule has 4 rings (SSSR count). The molecule has 2 aromatic rings. The molecule has 2 fully saturated rings. The molecule has 7 nitrogen and oxygen atoms in total. The Balaban J connectivity index is 1.29. The van der Waals surface area contributed by atoms with Crippen LogP contribution in [0.5, 0.6) is 0 Å². The van der Waals surface area contributed by atoms with Crippen LogP contribution in [0.1, 0.15) is 48.5 Å². The van der Waals surface area contributed by atoms with Gasteiger partial charge in [0.1, 0.15) is 0 Å². The van der Waals surface area contributed by atoms with Crippen molar-refractivity contribution < 1.29 is 13.2 Å². The minimum absolute atomic E-state index is 0.0527. The second-order valence-corrected chi connectivity index (χ2v) is 11.7. The van der Waals surface area contributed by atoms with Crippen molar-refractivity contribution >= 4 is 21.6 Å². The highest BCUT2D eigenvalue weighted by molar-refractivity contribution is 7.89. The largest absolute Gasteiger partial charge is 0.369 e. The zero-order valence-corrected chi connectivity index (χ0v) is 21.8. The monoisotopic (exact) mass is 498 g/mol. The van der Waals surface area contributed by atoms with Gasteiger partial charge in [-0.05, 0) is 62.9 Å². The second kappa shape index (κ2) is 11.5. The lowest BCUT2D eigenvalue weighted by atomic mass is 10.1. The Morgan fingerprint density at radius 2 is 1.66 bits per heavy atom. The predicted octanol–water partition coefficient (Wildman–Crippen LogP) is 3.50. The summed E-state index contributed by atoms with van der Waals surface area (Å²) in [6, 6.07) is 15.2. The number of amides is 1. The van der Waals surface area contributed by atoms with Gasteiger partial charge in [-0.25, -0.2) is 8.42 Å². The topological polar surface area (TPSA) is 73.0 Å². The van der Waals surface area contributed by atoms with Gasteiger partial charge in [0.05, 0.1) is 10.5 Å². The van der Waals surface area contributed by atoms with E-state index in [0.29, 0.717) is 13.1 Å². The van der Waals surface area contributed by atoms with Crippen molar-refractivity contribution in [2.24, 2.45) is 0 Å². The minimum Gasteiger partial charge on any atom is -0.369 e. The molecule has 0 saturated carbocycles. The summed E-state index contributed by atoms with van der Waals surface area (Å²) in [5, 5.41) is 3.03. The maximum absolute atomic E-state index is 13.2. The molecule has 2 saturated heterocycles. The van der Waals surface area contributed by atoms with Crippen LogP contribution in [0.15, 0.2) is 53.4 Å². The van der Waals surface area contributed by atoms with Gasteiger partial charge in [-0.1, -0.05) is 30.7 Å². The summed E-state index contributed by atoms with van der Waals surface area (Å²) >= 11 is 0. The molecule has 2 heterocycles. The van der Waals surface area contributed by atoms with Gasteiger partial charge in [-0.3, -0.25) is 9.69 Å². The fourth-order valence-electron chi connectivity index (χ4n) is 4.93. The molecule has 1 atom stereocenters. The van der Waals surface area contributed by atoms with Crippen molar-refractivity contribution in [2.75, 3.05) is 50.7 Å². The van der Waals surface area contributed by atoms with Crippen LogP contribution >= 0.6 is 0 Å². The molecule has 2 aliphatic rings. The average Bonchev–Trinajstić information content (AvgIpc) is 2.88. The normalized spacial score (nSPS) is 18.9. The number of sulfonamides is 1. The van der Waals surface area contributed by atoms with E-state index in [4.69, 9.17) is 0 Å². The molecule has 0 bridgehead atoms. The third kappa shape index (κ3) is 6.42. The Bertz CT molecular complexity index is 1110. The predicted molar refractivity (Wildman–Crippen MR) is 140 cm³/mol. The number of nitrogens with one attached hydrogen (secondary N) is 1. The van der Waals surface area contributed by atoms with E-state index in [1.807, 2.05) is 6.92 Å². The Kier molecular flexibility index (Phi) is 8.46. The smallest absolute Gasteiger partial charge is 0.252 e. The summed E-state index contributed by atoms with van der Waals surface area (Å²) in [5.41, 5.74) is 2.79. The number of piperazine rings is 1. The molecular weight excluding hydrogens is 460 g/mol. The fraction of sp³-hybridized carbons (Fsp3) is 0.519. The highest BCUT2D eigenvalue weighted by Crippen LogP contribution is 2.24. The standard InChI is InChI=1S/C27H38N4O3S/c1-22-9-8-10-24(21-22)30-19-17-29(18-20-30)16-13-23(2)28-27(32)25-11-4-5-12-26(25)35(33,34)31-14-6-3-7-15-31/h4-5,8-12,21,23H,3,6-7,13-20H2,1-2H3,(H,28,32). The summed E-state index contributed by atoms with van der Waals surface area (Å²) in [6.07, 6.45) is 3.59. The van der Waals surface area contributed by atoms with Crippen LogP contribution in [0.25, 0.3) is 0 Å². The maximum atomic E-state index is 13.2. The van der Waals surface area contributed by atoms with Gasteiger partial charge in [-0.2, -0.15) is 4.31 Å².